The van der Waals surface area contributed by atoms with Gasteiger partial charge in [0.05, 0.1) is 0 Å². The van der Waals surface area contributed by atoms with Crippen LogP contribution in [0, 0.1) is 5.41 Å². The topological polar surface area (TPSA) is 29.1 Å². The first-order chi connectivity index (χ1) is 6.14. The monoisotopic (exact) mass is 249 g/mol. The maximum absolute atomic E-state index is 11.1. The van der Waals surface area contributed by atoms with Gasteiger partial charge in [0.2, 0.25) is 5.91 Å². The molecule has 13 heavy (non-hydrogen) atoms. The van der Waals surface area contributed by atoms with Gasteiger partial charge in [-0.3, -0.25) is 4.79 Å². The highest BCUT2D eigenvalue weighted by atomic mass is 79.9. The maximum Gasteiger partial charge on any atom is 0.219 e. The Morgan fingerprint density at radius 2 is 1.85 bits per heavy atom. The Morgan fingerprint density at radius 3 is 2.15 bits per heavy atom. The van der Waals surface area contributed by atoms with E-state index in [4.69, 9.17) is 0 Å². The fourth-order valence-electron chi connectivity index (χ4n) is 1.15. The molecule has 0 aliphatic heterocycles. The van der Waals surface area contributed by atoms with Gasteiger partial charge in [0.1, 0.15) is 0 Å². The Balaban J connectivity index is 4.02. The zero-order chi connectivity index (χ0) is 10.3. The van der Waals surface area contributed by atoms with E-state index in [1.54, 1.807) is 0 Å². The summed E-state index contributed by atoms with van der Waals surface area (Å²) in [4.78, 5) is 11.1. The van der Waals surface area contributed by atoms with Crippen molar-refractivity contribution in [1.82, 2.24) is 5.32 Å². The molecule has 0 saturated carbocycles. The van der Waals surface area contributed by atoms with Crippen LogP contribution in [0.15, 0.2) is 0 Å². The van der Waals surface area contributed by atoms with E-state index in [1.165, 1.54) is 0 Å². The maximum atomic E-state index is 11.1. The number of hydrogen-bond acceptors (Lipinski definition) is 1. The molecule has 0 aromatic heterocycles. The van der Waals surface area contributed by atoms with Crippen molar-refractivity contribution >= 4 is 21.8 Å². The highest BCUT2D eigenvalue weighted by molar-refractivity contribution is 9.09. The number of carbonyl (C=O) groups excluding carboxylic acids is 1. The van der Waals surface area contributed by atoms with Crippen molar-refractivity contribution in [2.45, 2.75) is 40.0 Å². The van der Waals surface area contributed by atoms with E-state index in [0.29, 0.717) is 6.42 Å². The minimum absolute atomic E-state index is 0.146. The first kappa shape index (κ1) is 12.9. The zero-order valence-corrected chi connectivity index (χ0v) is 10.4. The van der Waals surface area contributed by atoms with Crippen molar-refractivity contribution in [2.75, 3.05) is 11.9 Å². The summed E-state index contributed by atoms with van der Waals surface area (Å²) in [5.41, 5.74) is 0.241. The molecule has 1 amide bonds. The largest absolute Gasteiger partial charge is 0.356 e. The van der Waals surface area contributed by atoms with Gasteiger partial charge >= 0.3 is 0 Å². The van der Waals surface area contributed by atoms with Crippen LogP contribution in [0.4, 0.5) is 0 Å². The average molecular weight is 250 g/mol. The van der Waals surface area contributed by atoms with Crippen LogP contribution in [0.3, 0.4) is 0 Å². The fourth-order valence-corrected chi connectivity index (χ4v) is 2.14. The van der Waals surface area contributed by atoms with E-state index >= 15 is 0 Å². The molecule has 3 heteroatoms. The summed E-state index contributed by atoms with van der Waals surface area (Å²) < 4.78 is 0. The summed E-state index contributed by atoms with van der Waals surface area (Å²) >= 11 is 3.51. The Bertz CT molecular complexity index is 147. The van der Waals surface area contributed by atoms with Crippen LogP contribution in [-0.4, -0.2) is 17.8 Å². The van der Waals surface area contributed by atoms with Gasteiger partial charge in [0.25, 0.3) is 0 Å². The number of alkyl halides is 1. The van der Waals surface area contributed by atoms with Crippen LogP contribution in [0.1, 0.15) is 40.0 Å². The third-order valence-electron chi connectivity index (χ3n) is 2.77. The van der Waals surface area contributed by atoms with Gasteiger partial charge in [-0.25, -0.2) is 0 Å². The minimum Gasteiger partial charge on any atom is -0.356 e. The zero-order valence-electron chi connectivity index (χ0n) is 8.82. The molecular formula is C10H20BrNO. The van der Waals surface area contributed by atoms with Crippen LogP contribution >= 0.6 is 15.9 Å². The Kier molecular flexibility index (Phi) is 6.39. The number of nitrogens with one attached hydrogen (secondary N) is 1. The number of halogens is 1. The van der Waals surface area contributed by atoms with Crippen LogP contribution in [0.5, 0.6) is 0 Å². The van der Waals surface area contributed by atoms with Gasteiger partial charge in [0.15, 0.2) is 0 Å². The molecule has 1 N–H and O–H groups in total. The number of rotatable bonds is 6. The molecule has 0 fully saturated rings. The molecule has 2 nitrogen and oxygen atoms in total. The normalized spacial score (nSPS) is 11.4. The SMILES string of the molecule is CCC(=O)NCC(CC)(CC)CBr. The summed E-state index contributed by atoms with van der Waals surface area (Å²) in [6.07, 6.45) is 2.77. The lowest BCUT2D eigenvalue weighted by molar-refractivity contribution is -0.121. The number of amides is 1. The lowest BCUT2D eigenvalue weighted by Gasteiger charge is -2.29. The Labute approximate surface area is 89.6 Å². The molecule has 0 aromatic carbocycles. The highest BCUT2D eigenvalue weighted by Crippen LogP contribution is 2.27. The second-order valence-electron chi connectivity index (χ2n) is 3.47. The summed E-state index contributed by atoms with van der Waals surface area (Å²) in [7, 11) is 0. The van der Waals surface area contributed by atoms with Crippen molar-refractivity contribution in [3.05, 3.63) is 0 Å². The average Bonchev–Trinajstić information content (AvgIpc) is 2.20. The molecule has 0 spiro atoms. The van der Waals surface area contributed by atoms with E-state index < -0.39 is 0 Å². The lowest BCUT2D eigenvalue weighted by atomic mass is 9.84. The van der Waals surface area contributed by atoms with Gasteiger partial charge in [-0.15, -0.1) is 0 Å². The smallest absolute Gasteiger partial charge is 0.219 e. The summed E-state index contributed by atoms with van der Waals surface area (Å²) in [6.45, 7) is 7.01. The third kappa shape index (κ3) is 4.12. The van der Waals surface area contributed by atoms with E-state index in [-0.39, 0.29) is 11.3 Å². The van der Waals surface area contributed by atoms with Crippen molar-refractivity contribution in [2.24, 2.45) is 5.41 Å². The molecule has 0 bridgehead atoms. The van der Waals surface area contributed by atoms with Crippen molar-refractivity contribution in [1.29, 1.82) is 0 Å². The van der Waals surface area contributed by atoms with Crippen LogP contribution in [0.2, 0.25) is 0 Å². The quantitative estimate of drug-likeness (QED) is 0.721. The molecule has 0 aromatic rings. The molecular weight excluding hydrogens is 230 g/mol. The van der Waals surface area contributed by atoms with E-state index in [2.05, 4.69) is 35.1 Å². The van der Waals surface area contributed by atoms with Crippen LogP contribution in [-0.2, 0) is 4.79 Å². The van der Waals surface area contributed by atoms with Crippen LogP contribution in [0.25, 0.3) is 0 Å². The van der Waals surface area contributed by atoms with Gasteiger partial charge < -0.3 is 5.32 Å². The molecule has 0 aliphatic rings. The third-order valence-corrected chi connectivity index (χ3v) is 3.95. The Morgan fingerprint density at radius 1 is 1.31 bits per heavy atom. The summed E-state index contributed by atoms with van der Waals surface area (Å²) in [5, 5.41) is 3.91. The second kappa shape index (κ2) is 6.41. The standard InChI is InChI=1S/C10H20BrNO/c1-4-9(13)12-8-10(5-2,6-3)7-11/h4-8H2,1-3H3,(H,12,13). The first-order valence-electron chi connectivity index (χ1n) is 4.96. The van der Waals surface area contributed by atoms with Crippen LogP contribution < -0.4 is 5.32 Å². The molecule has 0 saturated heterocycles. The molecule has 0 atom stereocenters. The predicted molar refractivity (Wildman–Crippen MR) is 60.1 cm³/mol. The van der Waals surface area contributed by atoms with Gasteiger partial charge in [-0.05, 0) is 18.3 Å². The molecule has 0 rings (SSSR count). The van der Waals surface area contributed by atoms with Crippen molar-refractivity contribution < 1.29 is 4.79 Å². The first-order valence-corrected chi connectivity index (χ1v) is 6.09. The number of carbonyl (C=O) groups is 1. The molecule has 0 unspecified atom stereocenters. The summed E-state index contributed by atoms with van der Waals surface area (Å²) in [6, 6.07) is 0. The van der Waals surface area contributed by atoms with Crippen molar-refractivity contribution in [3.63, 3.8) is 0 Å². The van der Waals surface area contributed by atoms with E-state index in [9.17, 15) is 4.79 Å². The number of hydrogen-bond donors (Lipinski definition) is 1. The second-order valence-corrected chi connectivity index (χ2v) is 4.03. The van der Waals surface area contributed by atoms with Gasteiger partial charge in [-0.1, -0.05) is 36.7 Å². The molecule has 78 valence electrons. The van der Waals surface area contributed by atoms with E-state index in [0.717, 1.165) is 24.7 Å². The Hall–Kier alpha value is -0.0500. The highest BCUT2D eigenvalue weighted by Gasteiger charge is 2.24. The molecule has 0 heterocycles. The van der Waals surface area contributed by atoms with Crippen molar-refractivity contribution in [3.8, 4) is 0 Å². The molecule has 0 aliphatic carbocycles. The van der Waals surface area contributed by atoms with E-state index in [1.807, 2.05) is 6.92 Å². The van der Waals surface area contributed by atoms with Gasteiger partial charge in [0, 0.05) is 18.3 Å². The van der Waals surface area contributed by atoms with Gasteiger partial charge in [-0.2, -0.15) is 0 Å². The minimum atomic E-state index is 0.146. The predicted octanol–water partition coefficient (Wildman–Crippen LogP) is 2.71. The fraction of sp³-hybridized carbons (Fsp3) is 0.900. The molecule has 0 radical (unpaired) electrons. The lowest BCUT2D eigenvalue weighted by Crippen LogP contribution is -2.37. The summed E-state index contributed by atoms with van der Waals surface area (Å²) in [5.74, 6) is 0.146.